The van der Waals surface area contributed by atoms with Crippen molar-refractivity contribution in [1.29, 1.82) is 0 Å². The van der Waals surface area contributed by atoms with Crippen molar-refractivity contribution in [3.63, 3.8) is 0 Å². The van der Waals surface area contributed by atoms with Crippen LogP contribution in [0.4, 0.5) is 0 Å². The number of rotatable bonds is 4. The minimum absolute atomic E-state index is 0.0615. The Hall–Kier alpha value is -1.81. The van der Waals surface area contributed by atoms with Crippen LogP contribution in [0.2, 0.25) is 0 Å². The molecule has 1 aromatic carbocycles. The number of nitrogens with zero attached hydrogens (tertiary/aromatic N) is 1. The molecule has 0 aliphatic carbocycles. The summed E-state index contributed by atoms with van der Waals surface area (Å²) in [4.78, 5) is 0. The summed E-state index contributed by atoms with van der Waals surface area (Å²) in [7, 11) is 1.63. The highest BCUT2D eigenvalue weighted by molar-refractivity contribution is 5.36. The second-order valence-corrected chi connectivity index (χ2v) is 3.42. The predicted octanol–water partition coefficient (Wildman–Crippen LogP) is 1.77. The van der Waals surface area contributed by atoms with Crippen LogP contribution in [0.25, 0.3) is 0 Å². The molecule has 0 aliphatic heterocycles. The molecule has 0 spiro atoms. The Morgan fingerprint density at radius 3 is 2.88 bits per heavy atom. The van der Waals surface area contributed by atoms with E-state index in [9.17, 15) is 0 Å². The van der Waals surface area contributed by atoms with Gasteiger partial charge in [-0.1, -0.05) is 23.4 Å². The van der Waals surface area contributed by atoms with Crippen molar-refractivity contribution in [2.45, 2.75) is 13.0 Å². The number of ether oxygens (including phenoxy) is 1. The number of hydrogen-bond acceptors (Lipinski definition) is 4. The maximum absolute atomic E-state index is 9.08. The van der Waals surface area contributed by atoms with Crippen LogP contribution >= 0.6 is 0 Å². The first-order chi connectivity index (χ1) is 7.85. The van der Waals surface area contributed by atoms with Crippen molar-refractivity contribution in [2.24, 2.45) is 0 Å². The van der Waals surface area contributed by atoms with Gasteiger partial charge in [-0.05, 0) is 6.07 Å². The molecular weight excluding hydrogens is 206 g/mol. The molecule has 1 heterocycles. The Morgan fingerprint density at radius 1 is 1.31 bits per heavy atom. The minimum Gasteiger partial charge on any atom is -0.496 e. The van der Waals surface area contributed by atoms with Gasteiger partial charge in [0.25, 0.3) is 0 Å². The third-order valence-corrected chi connectivity index (χ3v) is 2.44. The first-order valence-electron chi connectivity index (χ1n) is 5.00. The van der Waals surface area contributed by atoms with Crippen LogP contribution in [0.1, 0.15) is 16.9 Å². The van der Waals surface area contributed by atoms with Gasteiger partial charge in [-0.25, -0.2) is 0 Å². The van der Waals surface area contributed by atoms with E-state index in [1.54, 1.807) is 7.11 Å². The molecule has 0 fully saturated rings. The third-order valence-electron chi connectivity index (χ3n) is 2.44. The number of aliphatic hydroxyl groups is 1. The Morgan fingerprint density at radius 2 is 2.12 bits per heavy atom. The van der Waals surface area contributed by atoms with Gasteiger partial charge in [0.1, 0.15) is 11.5 Å². The van der Waals surface area contributed by atoms with Crippen molar-refractivity contribution in [3.8, 4) is 5.75 Å². The van der Waals surface area contributed by atoms with Crippen LogP contribution in [-0.2, 0) is 13.0 Å². The summed E-state index contributed by atoms with van der Waals surface area (Å²) in [5.74, 6) is 1.48. The van der Waals surface area contributed by atoms with E-state index in [0.29, 0.717) is 17.7 Å². The molecule has 1 aromatic heterocycles. The van der Waals surface area contributed by atoms with Crippen LogP contribution in [0.5, 0.6) is 5.75 Å². The van der Waals surface area contributed by atoms with E-state index in [1.165, 1.54) is 6.20 Å². The summed E-state index contributed by atoms with van der Waals surface area (Å²) in [5.41, 5.74) is 1.72. The van der Waals surface area contributed by atoms with Crippen molar-refractivity contribution in [2.75, 3.05) is 7.11 Å². The number of hydrogen-bond donors (Lipinski definition) is 1. The van der Waals surface area contributed by atoms with E-state index < -0.39 is 0 Å². The first-order valence-corrected chi connectivity index (χ1v) is 5.00. The molecule has 2 aromatic rings. The molecule has 0 unspecified atom stereocenters. The van der Waals surface area contributed by atoms with Gasteiger partial charge in [-0.3, -0.25) is 0 Å². The van der Waals surface area contributed by atoms with Gasteiger partial charge in [0, 0.05) is 17.5 Å². The summed E-state index contributed by atoms with van der Waals surface area (Å²) in [6, 6.07) is 7.70. The second-order valence-electron chi connectivity index (χ2n) is 3.42. The molecule has 0 saturated carbocycles. The standard InChI is InChI=1S/C12H13NO3/c1-15-11-5-3-2-4-9(11)6-12-10(8-14)7-13-16-12/h2-5,7,14H,6,8H2,1H3. The average Bonchev–Trinajstić information content (AvgIpc) is 2.77. The highest BCUT2D eigenvalue weighted by Gasteiger charge is 2.10. The van der Waals surface area contributed by atoms with Gasteiger partial charge in [-0.15, -0.1) is 0 Å². The zero-order chi connectivity index (χ0) is 11.4. The molecule has 0 saturated heterocycles. The number of benzene rings is 1. The lowest BCUT2D eigenvalue weighted by Gasteiger charge is -2.06. The van der Waals surface area contributed by atoms with Crippen molar-refractivity contribution >= 4 is 0 Å². The Balaban J connectivity index is 2.26. The fourth-order valence-corrected chi connectivity index (χ4v) is 1.58. The summed E-state index contributed by atoms with van der Waals surface area (Å²) in [6.07, 6.45) is 2.10. The molecule has 84 valence electrons. The van der Waals surface area contributed by atoms with E-state index in [-0.39, 0.29) is 6.61 Å². The predicted molar refractivity (Wildman–Crippen MR) is 58.2 cm³/mol. The average molecular weight is 219 g/mol. The second kappa shape index (κ2) is 4.81. The summed E-state index contributed by atoms with van der Waals surface area (Å²) in [5, 5.41) is 12.7. The van der Waals surface area contributed by atoms with Gasteiger partial charge >= 0.3 is 0 Å². The van der Waals surface area contributed by atoms with E-state index in [0.717, 1.165) is 11.3 Å². The van der Waals surface area contributed by atoms with Gasteiger partial charge < -0.3 is 14.4 Å². The molecular formula is C12H13NO3. The molecule has 0 aliphatic rings. The maximum atomic E-state index is 9.08. The van der Waals surface area contributed by atoms with Crippen molar-refractivity contribution < 1.29 is 14.4 Å². The Bertz CT molecular complexity index is 465. The topological polar surface area (TPSA) is 55.5 Å². The van der Waals surface area contributed by atoms with Gasteiger partial charge in [0.2, 0.25) is 0 Å². The number of para-hydroxylation sites is 1. The zero-order valence-corrected chi connectivity index (χ0v) is 9.01. The van der Waals surface area contributed by atoms with Gasteiger partial charge in [0.15, 0.2) is 0 Å². The van der Waals surface area contributed by atoms with Crippen molar-refractivity contribution in [1.82, 2.24) is 5.16 Å². The molecule has 2 rings (SSSR count). The first kappa shape index (κ1) is 10.7. The number of methoxy groups -OCH3 is 1. The largest absolute Gasteiger partial charge is 0.496 e. The number of aromatic nitrogens is 1. The zero-order valence-electron chi connectivity index (χ0n) is 9.01. The van der Waals surface area contributed by atoms with Crippen LogP contribution < -0.4 is 4.74 Å². The summed E-state index contributed by atoms with van der Waals surface area (Å²) < 4.78 is 10.3. The third kappa shape index (κ3) is 2.06. The molecule has 4 heteroatoms. The van der Waals surface area contributed by atoms with Crippen LogP contribution in [-0.4, -0.2) is 17.4 Å². The lowest BCUT2D eigenvalue weighted by atomic mass is 10.1. The lowest BCUT2D eigenvalue weighted by molar-refractivity contribution is 0.277. The molecule has 1 N–H and O–H groups in total. The van der Waals surface area contributed by atoms with E-state index in [4.69, 9.17) is 14.4 Å². The quantitative estimate of drug-likeness (QED) is 0.851. The Kier molecular flexibility index (Phi) is 3.22. The summed E-state index contributed by atoms with van der Waals surface area (Å²) in [6.45, 7) is -0.0615. The lowest BCUT2D eigenvalue weighted by Crippen LogP contribution is -1.95. The van der Waals surface area contributed by atoms with Gasteiger partial charge in [0.05, 0.1) is 19.9 Å². The molecule has 16 heavy (non-hydrogen) atoms. The highest BCUT2D eigenvalue weighted by Crippen LogP contribution is 2.22. The molecule has 0 atom stereocenters. The normalized spacial score (nSPS) is 10.4. The smallest absolute Gasteiger partial charge is 0.146 e. The fourth-order valence-electron chi connectivity index (χ4n) is 1.58. The molecule has 0 radical (unpaired) electrons. The number of aliphatic hydroxyl groups excluding tert-OH is 1. The van der Waals surface area contributed by atoms with Crippen molar-refractivity contribution in [3.05, 3.63) is 47.3 Å². The van der Waals surface area contributed by atoms with Crippen LogP contribution in [0.3, 0.4) is 0 Å². The van der Waals surface area contributed by atoms with E-state index >= 15 is 0 Å². The SMILES string of the molecule is COc1ccccc1Cc1oncc1CO. The summed E-state index contributed by atoms with van der Waals surface area (Å²) >= 11 is 0. The molecule has 0 amide bonds. The maximum Gasteiger partial charge on any atom is 0.146 e. The molecule has 0 bridgehead atoms. The van der Waals surface area contributed by atoms with Crippen LogP contribution in [0, 0.1) is 0 Å². The highest BCUT2D eigenvalue weighted by atomic mass is 16.5. The van der Waals surface area contributed by atoms with E-state index in [1.807, 2.05) is 24.3 Å². The fraction of sp³-hybridized carbons (Fsp3) is 0.250. The van der Waals surface area contributed by atoms with Gasteiger partial charge in [-0.2, -0.15) is 0 Å². The molecule has 4 nitrogen and oxygen atoms in total. The van der Waals surface area contributed by atoms with E-state index in [2.05, 4.69) is 5.16 Å². The minimum atomic E-state index is -0.0615. The monoisotopic (exact) mass is 219 g/mol. The van der Waals surface area contributed by atoms with Crippen LogP contribution in [0.15, 0.2) is 35.0 Å². The Labute approximate surface area is 93.5 Å².